The minimum atomic E-state index is -3.67. The lowest BCUT2D eigenvalue weighted by Gasteiger charge is -2.36. The number of methoxy groups -OCH3 is 3. The Hall–Kier alpha value is -3.37. The van der Waals surface area contributed by atoms with Crippen molar-refractivity contribution >= 4 is 45.6 Å². The van der Waals surface area contributed by atoms with E-state index in [4.69, 9.17) is 22.9 Å². The molecule has 21 heteroatoms. The highest BCUT2D eigenvalue weighted by Gasteiger charge is 2.56. The third-order valence-corrected chi connectivity index (χ3v) is 11.4. The van der Waals surface area contributed by atoms with Gasteiger partial charge in [0.25, 0.3) is 16.6 Å². The lowest BCUT2D eigenvalue weighted by atomic mass is 9.74. The van der Waals surface area contributed by atoms with Crippen LogP contribution in [0, 0.1) is 0 Å². The van der Waals surface area contributed by atoms with E-state index in [9.17, 15) is 13.5 Å². The van der Waals surface area contributed by atoms with E-state index in [0.717, 1.165) is 37.1 Å². The Morgan fingerprint density at radius 2 is 1.00 bits per heavy atom. The maximum atomic E-state index is 11.4. The van der Waals surface area contributed by atoms with E-state index in [2.05, 4.69) is 101 Å². The molecule has 0 bridgehead atoms. The summed E-state index contributed by atoms with van der Waals surface area (Å²) in [6, 6.07) is 41.9. The van der Waals surface area contributed by atoms with Gasteiger partial charge in [0.1, 0.15) is 11.2 Å². The van der Waals surface area contributed by atoms with Gasteiger partial charge in [-0.3, -0.25) is 4.55 Å². The zero-order valence-electron chi connectivity index (χ0n) is 41.1. The smallest absolute Gasteiger partial charge is 0.453 e. The topological polar surface area (TPSA) is 173 Å². The molecule has 74 heavy (non-hydrogen) atoms. The molecule has 420 valence electrons. The molecule has 4 aromatic rings. The Labute approximate surface area is 453 Å². The average molecular weight is 1060 g/mol. The molecule has 15 nitrogen and oxygen atoms in total. The summed E-state index contributed by atoms with van der Waals surface area (Å²) in [6.07, 6.45) is 5.30. The van der Waals surface area contributed by atoms with Crippen LogP contribution in [0.2, 0.25) is 34.1 Å². The van der Waals surface area contributed by atoms with Crippen molar-refractivity contribution in [1.82, 2.24) is 10.1 Å². The van der Waals surface area contributed by atoms with Crippen LogP contribution in [0.5, 0.6) is 0 Å². The van der Waals surface area contributed by atoms with Gasteiger partial charge in [-0.1, -0.05) is 173 Å². The molecule has 2 atom stereocenters. The third kappa shape index (κ3) is 24.7. The summed E-state index contributed by atoms with van der Waals surface area (Å²) in [4.78, 5) is 2.53. The van der Waals surface area contributed by atoms with Gasteiger partial charge < -0.3 is 57.1 Å². The summed E-state index contributed by atoms with van der Waals surface area (Å²) in [5.74, 6) is 0. The standard InChI is InChI=1S/C18H20BNO.C17H19NO.C4H10O3.C3H9B3O3.C3H9BO2.CH4O3S.7CH4/c1-19-20-14-8-13-17(20)18(21-19,15-9-4-2-5-10-15)16-11-6-3-7-12-16;19-17(16-12-7-13-18-16,14-8-3-1-4-9-14)15-10-5-2-6-11-15;1-5-4(6-2)7-3;1-4-7-5(2)9-6(3)8-4;1-4(5-2)6-3;1-5(2,3)4;;;;;;;/h2-7,9-12,17H,8,13-14H2,1H3;1-6,8-11,16,18-19H,7,12-13H2;4H,1-3H3;1-3H3;1-3H3;1H3,(H,2,3,4);7*1H4. The van der Waals surface area contributed by atoms with E-state index in [1.807, 2.05) is 88.0 Å². The molecule has 4 aromatic carbocycles. The van der Waals surface area contributed by atoms with Crippen molar-refractivity contribution in [1.29, 1.82) is 0 Å². The largest absolute Gasteiger partial charge is 0.453 e. The predicted octanol–water partition coefficient (Wildman–Crippen LogP) is 11.2. The number of hydrogen-bond acceptors (Lipinski definition) is 14. The van der Waals surface area contributed by atoms with E-state index >= 15 is 0 Å². The Balaban J connectivity index is -0.000000275. The van der Waals surface area contributed by atoms with Crippen molar-refractivity contribution in [3.8, 4) is 0 Å². The van der Waals surface area contributed by atoms with Gasteiger partial charge in [-0.2, -0.15) is 8.42 Å². The molecule has 0 aliphatic carbocycles. The molecule has 0 spiro atoms. The van der Waals surface area contributed by atoms with Gasteiger partial charge in [-0.05, 0) is 95.1 Å². The minimum Gasteiger partial charge on any atom is -0.453 e. The SMILES string of the molecule is C.C.C.C.C.C.C.CB1OB(C)OB(C)O1.CB1OC(c2ccccc2)(c2ccccc2)C2CCCN12.COB(C)OC.COC(OC)OC.CS(=O)(=O)O.OC(c1ccccc1)(c1ccccc1)C1CCCN1. The number of fused-ring (bicyclic) bond motifs is 1. The molecule has 3 N–H and O–H groups in total. The van der Waals surface area contributed by atoms with Crippen LogP contribution in [0.25, 0.3) is 0 Å². The normalized spacial score (nSPS) is 16.9. The molecule has 4 aliphatic heterocycles. The maximum Gasteiger partial charge on any atom is 0.453 e. The monoisotopic (exact) mass is 1060 g/mol. The second kappa shape index (κ2) is 40.8. The molecule has 8 rings (SSSR count). The zero-order valence-corrected chi connectivity index (χ0v) is 42.0. The molecule has 4 saturated heterocycles. The Morgan fingerprint density at radius 1 is 0.649 bits per heavy atom. The second-order valence-corrected chi connectivity index (χ2v) is 17.6. The van der Waals surface area contributed by atoms with Crippen molar-refractivity contribution in [3.63, 3.8) is 0 Å². The van der Waals surface area contributed by atoms with Crippen molar-refractivity contribution in [2.24, 2.45) is 0 Å². The van der Waals surface area contributed by atoms with Crippen molar-refractivity contribution in [2.45, 2.75) is 142 Å². The van der Waals surface area contributed by atoms with E-state index in [1.54, 1.807) is 14.2 Å². The summed E-state index contributed by atoms with van der Waals surface area (Å²) in [5, 5.41) is 14.8. The van der Waals surface area contributed by atoms with Crippen molar-refractivity contribution in [3.05, 3.63) is 144 Å². The first-order valence-electron chi connectivity index (χ1n) is 22.6. The van der Waals surface area contributed by atoms with Crippen LogP contribution >= 0.6 is 0 Å². The fourth-order valence-electron chi connectivity index (χ4n) is 8.42. The van der Waals surface area contributed by atoms with E-state index < -0.39 is 22.2 Å². The van der Waals surface area contributed by atoms with Crippen LogP contribution in [0.3, 0.4) is 0 Å². The van der Waals surface area contributed by atoms with Crippen LogP contribution in [0.1, 0.15) is 99.9 Å². The number of hydrogen-bond donors (Lipinski definition) is 3. The average Bonchev–Trinajstić information content (AvgIpc) is 4.11. The molecule has 0 aromatic heterocycles. The van der Waals surface area contributed by atoms with Gasteiger partial charge in [-0.15, -0.1) is 0 Å². The Morgan fingerprint density at radius 3 is 1.28 bits per heavy atom. The first-order valence-corrected chi connectivity index (χ1v) is 24.5. The van der Waals surface area contributed by atoms with E-state index in [1.165, 1.54) is 45.3 Å². The van der Waals surface area contributed by atoms with Crippen molar-refractivity contribution < 1.29 is 60.0 Å². The molecular weight excluding hydrogens is 959 g/mol. The number of nitrogens with one attached hydrogen (secondary N) is 1. The van der Waals surface area contributed by atoms with E-state index in [-0.39, 0.29) is 99.2 Å². The number of benzene rings is 4. The third-order valence-electron chi connectivity index (χ3n) is 11.4. The first kappa shape index (κ1) is 79.5. The lowest BCUT2D eigenvalue weighted by molar-refractivity contribution is -0.252. The van der Waals surface area contributed by atoms with E-state index in [0.29, 0.717) is 12.3 Å². The number of aliphatic hydroxyl groups is 1. The fraction of sp³-hybridized carbons (Fsp3) is 0.547. The fourth-order valence-corrected chi connectivity index (χ4v) is 8.42. The highest BCUT2D eigenvalue weighted by Crippen LogP contribution is 2.48. The zero-order chi connectivity index (χ0) is 49.5. The molecule has 0 radical (unpaired) electrons. The molecule has 4 heterocycles. The summed E-state index contributed by atoms with van der Waals surface area (Å²) in [7, 11) is 3.79. The van der Waals surface area contributed by atoms with Gasteiger partial charge in [0.15, 0.2) is 0 Å². The summed E-state index contributed by atoms with van der Waals surface area (Å²) >= 11 is 0. The minimum absolute atomic E-state index is 0. The quantitative estimate of drug-likeness (QED) is 0.0777. The van der Waals surface area contributed by atoms with Crippen LogP contribution in [0.15, 0.2) is 121 Å². The Bertz CT molecular complexity index is 1900. The van der Waals surface area contributed by atoms with Gasteiger partial charge in [0.05, 0.1) is 6.26 Å². The molecular formula is C53H99B5N2O13S. The number of nitrogens with zero attached hydrogens (tertiary/aromatic N) is 1. The second-order valence-electron chi connectivity index (χ2n) is 16.1. The highest BCUT2D eigenvalue weighted by molar-refractivity contribution is 7.85. The van der Waals surface area contributed by atoms with Crippen LogP contribution < -0.4 is 5.32 Å². The predicted molar refractivity (Wildman–Crippen MR) is 316 cm³/mol. The van der Waals surface area contributed by atoms with Gasteiger partial charge in [0, 0.05) is 47.6 Å². The molecule has 4 fully saturated rings. The molecule has 4 aliphatic rings. The van der Waals surface area contributed by atoms with Gasteiger partial charge in [0.2, 0.25) is 0 Å². The van der Waals surface area contributed by atoms with Crippen LogP contribution in [-0.4, -0.2) is 132 Å². The van der Waals surface area contributed by atoms with Gasteiger partial charge in [-0.25, -0.2) is 0 Å². The lowest BCUT2D eigenvalue weighted by Crippen LogP contribution is -2.46. The maximum absolute atomic E-state index is 11.4. The molecule has 0 amide bonds. The van der Waals surface area contributed by atoms with Crippen LogP contribution in [-0.2, 0) is 63.2 Å². The molecule has 2 unspecified atom stereocenters. The van der Waals surface area contributed by atoms with Crippen molar-refractivity contribution in [2.75, 3.05) is 54.9 Å². The number of rotatable bonds is 10. The summed E-state index contributed by atoms with van der Waals surface area (Å²) < 4.78 is 71.0. The summed E-state index contributed by atoms with van der Waals surface area (Å²) in [6.45, 7) is 11.2. The number of ether oxygens (including phenoxy) is 3. The first-order chi connectivity index (χ1) is 32.0. The van der Waals surface area contributed by atoms with Crippen LogP contribution in [0.4, 0.5) is 0 Å². The highest BCUT2D eigenvalue weighted by atomic mass is 32.2. The Kier molecular flexibility index (Phi) is 43.9. The molecule has 0 saturated carbocycles. The summed E-state index contributed by atoms with van der Waals surface area (Å²) in [5.41, 5.74) is 3.20. The van der Waals surface area contributed by atoms with Gasteiger partial charge >= 0.3 is 35.5 Å².